The van der Waals surface area contributed by atoms with Crippen LogP contribution in [-0.4, -0.2) is 32.1 Å². The highest BCUT2D eigenvalue weighted by molar-refractivity contribution is 6.18. The average Bonchev–Trinajstić information content (AvgIpc) is 2.27. The van der Waals surface area contributed by atoms with Crippen LogP contribution < -0.4 is 5.56 Å². The molecule has 0 aliphatic heterocycles. The van der Waals surface area contributed by atoms with Crippen molar-refractivity contribution in [3.8, 4) is 0 Å². The maximum absolute atomic E-state index is 11.2. The Hall–Kier alpha value is -1.44. The topological polar surface area (TPSA) is 116 Å². The largest absolute Gasteiger partial charge is 0.389 e. The van der Waals surface area contributed by atoms with Crippen LogP contribution in [0.2, 0.25) is 0 Å². The van der Waals surface area contributed by atoms with Crippen molar-refractivity contribution in [3.05, 3.63) is 37.8 Å². The van der Waals surface area contributed by atoms with Crippen molar-refractivity contribution in [2.24, 2.45) is 0 Å². The maximum atomic E-state index is 11.2. The second-order valence-corrected chi connectivity index (χ2v) is 3.78. The number of rotatable bonds is 4. The number of aliphatic hydroxyl groups excluding tert-OH is 2. The van der Waals surface area contributed by atoms with Gasteiger partial charge in [-0.05, 0) is 6.92 Å². The van der Waals surface area contributed by atoms with Gasteiger partial charge in [-0.1, -0.05) is 0 Å². The number of hydrogen-bond donors (Lipinski definition) is 3. The van der Waals surface area contributed by atoms with Gasteiger partial charge in [0.05, 0.1) is 16.9 Å². The summed E-state index contributed by atoms with van der Waals surface area (Å²) in [4.78, 5) is 23.2. The number of halogens is 1. The molecule has 0 spiro atoms. The average molecular weight is 263 g/mol. The summed E-state index contributed by atoms with van der Waals surface area (Å²) in [5.74, 6) is -0.229. The molecule has 17 heavy (non-hydrogen) atoms. The van der Waals surface area contributed by atoms with Crippen molar-refractivity contribution in [2.45, 2.75) is 19.1 Å². The predicted molar refractivity (Wildman–Crippen MR) is 60.1 cm³/mol. The van der Waals surface area contributed by atoms with Crippen molar-refractivity contribution in [1.29, 1.82) is 0 Å². The molecule has 1 heterocycles. The molecule has 3 N–H and O–H groups in total. The van der Waals surface area contributed by atoms with E-state index in [4.69, 9.17) is 11.6 Å². The minimum absolute atomic E-state index is 0.00965. The summed E-state index contributed by atoms with van der Waals surface area (Å²) in [6.45, 7) is 1.33. The second kappa shape index (κ2) is 5.26. The predicted octanol–water partition coefficient (Wildman–Crippen LogP) is 0.225. The summed E-state index contributed by atoms with van der Waals surface area (Å²) in [6.07, 6.45) is -1.52. The van der Waals surface area contributed by atoms with Crippen LogP contribution in [0.25, 0.3) is 0 Å². The molecule has 0 fully saturated rings. The lowest BCUT2D eigenvalue weighted by atomic mass is 10.0. The quantitative estimate of drug-likeness (QED) is 0.408. The van der Waals surface area contributed by atoms with Crippen LogP contribution in [0.3, 0.4) is 0 Å². The van der Waals surface area contributed by atoms with Crippen LogP contribution >= 0.6 is 11.6 Å². The number of aromatic amines is 1. The van der Waals surface area contributed by atoms with Crippen molar-refractivity contribution < 1.29 is 15.1 Å². The zero-order valence-corrected chi connectivity index (χ0v) is 9.64. The summed E-state index contributed by atoms with van der Waals surface area (Å²) in [6, 6.07) is 0. The molecule has 0 aliphatic carbocycles. The number of nitrogens with one attached hydrogen (secondary N) is 1. The van der Waals surface area contributed by atoms with Crippen molar-refractivity contribution >= 4 is 17.3 Å². The number of aromatic nitrogens is 1. The number of alkyl halides is 1. The highest BCUT2D eigenvalue weighted by atomic mass is 35.5. The summed E-state index contributed by atoms with van der Waals surface area (Å²) in [7, 11) is 0. The van der Waals surface area contributed by atoms with E-state index in [1.54, 1.807) is 0 Å². The normalized spacial score (nSPS) is 14.4. The first-order valence-corrected chi connectivity index (χ1v) is 5.22. The number of hydrogen-bond acceptors (Lipinski definition) is 5. The fraction of sp³-hybridized carbons (Fsp3) is 0.444. The fourth-order valence-corrected chi connectivity index (χ4v) is 1.61. The summed E-state index contributed by atoms with van der Waals surface area (Å²) in [5.41, 5.74) is -1.42. The molecule has 0 aliphatic rings. The van der Waals surface area contributed by atoms with Gasteiger partial charge in [0.2, 0.25) is 0 Å². The van der Waals surface area contributed by atoms with Gasteiger partial charge in [0.1, 0.15) is 6.10 Å². The zero-order chi connectivity index (χ0) is 13.2. The van der Waals surface area contributed by atoms with Gasteiger partial charge >= 0.3 is 11.2 Å². The summed E-state index contributed by atoms with van der Waals surface area (Å²) < 4.78 is 0. The van der Waals surface area contributed by atoms with E-state index in [0.717, 1.165) is 6.20 Å². The summed E-state index contributed by atoms with van der Waals surface area (Å²) in [5, 5.41) is 29.7. The third-order valence-corrected chi connectivity index (χ3v) is 2.70. The lowest BCUT2D eigenvalue weighted by molar-refractivity contribution is -0.387. The van der Waals surface area contributed by atoms with Gasteiger partial charge in [0.25, 0.3) is 0 Å². The van der Waals surface area contributed by atoms with Gasteiger partial charge < -0.3 is 15.2 Å². The standard InChI is InChI=1S/C9H11ClN2O5/c1-4-5(8(14)6(13)2-10)3-11-9(15)7(4)12(16)17/h3,6,8,13-14H,2H2,1H3,(H,11,15). The van der Waals surface area contributed by atoms with E-state index in [1.807, 2.05) is 0 Å². The molecule has 7 nitrogen and oxygen atoms in total. The molecule has 1 aromatic rings. The lowest BCUT2D eigenvalue weighted by Crippen LogP contribution is -2.23. The van der Waals surface area contributed by atoms with Crippen LogP contribution in [-0.2, 0) is 0 Å². The number of aliphatic hydroxyl groups is 2. The molecule has 0 saturated carbocycles. The third-order valence-electron chi connectivity index (χ3n) is 2.39. The van der Waals surface area contributed by atoms with Crippen LogP contribution in [0.15, 0.2) is 11.0 Å². The highest BCUT2D eigenvalue weighted by Crippen LogP contribution is 2.24. The SMILES string of the molecule is Cc1c(C(O)C(O)CCl)c[nH]c(=O)c1[N+](=O)[O-]. The second-order valence-electron chi connectivity index (χ2n) is 3.47. The van der Waals surface area contributed by atoms with E-state index in [1.165, 1.54) is 6.92 Å². The molecule has 0 aromatic carbocycles. The summed E-state index contributed by atoms with van der Waals surface area (Å²) >= 11 is 5.37. The Morgan fingerprint density at radius 1 is 1.59 bits per heavy atom. The van der Waals surface area contributed by atoms with Gasteiger partial charge in [-0.3, -0.25) is 14.9 Å². The molecular formula is C9H11ClN2O5. The van der Waals surface area contributed by atoms with Crippen LogP contribution in [0, 0.1) is 17.0 Å². The minimum atomic E-state index is -1.39. The molecule has 2 unspecified atom stereocenters. The Morgan fingerprint density at radius 3 is 2.65 bits per heavy atom. The number of nitro groups is 1. The molecule has 0 amide bonds. The van der Waals surface area contributed by atoms with Crippen LogP contribution in [0.4, 0.5) is 5.69 Å². The van der Waals surface area contributed by atoms with E-state index in [0.29, 0.717) is 0 Å². The fourth-order valence-electron chi connectivity index (χ4n) is 1.45. The van der Waals surface area contributed by atoms with Crippen molar-refractivity contribution in [2.75, 3.05) is 5.88 Å². The molecule has 2 atom stereocenters. The third kappa shape index (κ3) is 2.63. The minimum Gasteiger partial charge on any atom is -0.389 e. The van der Waals surface area contributed by atoms with E-state index >= 15 is 0 Å². The Morgan fingerprint density at radius 2 is 2.18 bits per heavy atom. The van der Waals surface area contributed by atoms with E-state index in [9.17, 15) is 25.1 Å². The first kappa shape index (κ1) is 13.6. The Balaban J connectivity index is 3.33. The van der Waals surface area contributed by atoms with Crippen molar-refractivity contribution in [3.63, 3.8) is 0 Å². The Labute approximate surface area is 101 Å². The molecule has 8 heteroatoms. The number of nitrogens with zero attached hydrogens (tertiary/aromatic N) is 1. The molecule has 1 rings (SSSR count). The van der Waals surface area contributed by atoms with E-state index in [-0.39, 0.29) is 17.0 Å². The van der Waals surface area contributed by atoms with E-state index < -0.39 is 28.4 Å². The highest BCUT2D eigenvalue weighted by Gasteiger charge is 2.26. The molecule has 0 radical (unpaired) electrons. The van der Waals surface area contributed by atoms with Crippen molar-refractivity contribution in [1.82, 2.24) is 4.98 Å². The number of pyridine rings is 1. The first-order chi connectivity index (χ1) is 7.90. The zero-order valence-electron chi connectivity index (χ0n) is 8.88. The first-order valence-electron chi connectivity index (χ1n) is 4.68. The molecule has 0 saturated heterocycles. The Kier molecular flexibility index (Phi) is 4.22. The molecule has 0 bridgehead atoms. The van der Waals surface area contributed by atoms with Gasteiger partial charge in [-0.25, -0.2) is 0 Å². The smallest absolute Gasteiger partial charge is 0.337 e. The monoisotopic (exact) mass is 262 g/mol. The Bertz CT molecular complexity index is 487. The van der Waals surface area contributed by atoms with Gasteiger partial charge in [-0.2, -0.15) is 0 Å². The van der Waals surface area contributed by atoms with Gasteiger partial charge in [0, 0.05) is 17.3 Å². The van der Waals surface area contributed by atoms with E-state index in [2.05, 4.69) is 4.98 Å². The number of H-pyrrole nitrogens is 1. The van der Waals surface area contributed by atoms with Crippen LogP contribution in [0.1, 0.15) is 17.2 Å². The molecular weight excluding hydrogens is 252 g/mol. The van der Waals surface area contributed by atoms with Crippen LogP contribution in [0.5, 0.6) is 0 Å². The molecule has 94 valence electrons. The maximum Gasteiger partial charge on any atom is 0.337 e. The van der Waals surface area contributed by atoms with Gasteiger partial charge in [-0.15, -0.1) is 11.6 Å². The lowest BCUT2D eigenvalue weighted by Gasteiger charge is -2.17. The molecule has 1 aromatic heterocycles. The van der Waals surface area contributed by atoms with Gasteiger partial charge in [0.15, 0.2) is 0 Å².